The Labute approximate surface area is 156 Å². The molecule has 1 aromatic rings. The standard InChI is InChI=1S/C21H31N3O2/c1-3-16(2)23-21(26)18-10-7-11-19(14-18)24-20(25)15-22-13-12-17-8-5-4-6-9-17/h7-8,10-11,14,16,22H,3-6,9,12-13,15H2,1-2H3,(H,23,26)(H,24,25). The molecular formula is C21H31N3O2. The molecule has 1 aliphatic rings. The lowest BCUT2D eigenvalue weighted by Gasteiger charge is -2.13. The van der Waals surface area contributed by atoms with Gasteiger partial charge in [0.15, 0.2) is 0 Å². The van der Waals surface area contributed by atoms with Crippen LogP contribution in [-0.4, -0.2) is 30.9 Å². The fourth-order valence-corrected chi connectivity index (χ4v) is 2.94. The topological polar surface area (TPSA) is 70.2 Å². The van der Waals surface area contributed by atoms with Crippen molar-refractivity contribution in [1.29, 1.82) is 0 Å². The summed E-state index contributed by atoms with van der Waals surface area (Å²) in [4.78, 5) is 24.3. The minimum atomic E-state index is -0.116. The van der Waals surface area contributed by atoms with Crippen molar-refractivity contribution in [2.75, 3.05) is 18.4 Å². The lowest BCUT2D eigenvalue weighted by molar-refractivity contribution is -0.115. The fourth-order valence-electron chi connectivity index (χ4n) is 2.94. The van der Waals surface area contributed by atoms with Gasteiger partial charge in [-0.05, 0) is 70.2 Å². The fraction of sp³-hybridized carbons (Fsp3) is 0.524. The van der Waals surface area contributed by atoms with E-state index in [0.717, 1.165) is 19.4 Å². The van der Waals surface area contributed by atoms with E-state index in [2.05, 4.69) is 22.0 Å². The first-order valence-electron chi connectivity index (χ1n) is 9.68. The van der Waals surface area contributed by atoms with Crippen molar-refractivity contribution in [3.8, 4) is 0 Å². The van der Waals surface area contributed by atoms with Crippen LogP contribution in [0, 0.1) is 0 Å². The highest BCUT2D eigenvalue weighted by Crippen LogP contribution is 2.19. The lowest BCUT2D eigenvalue weighted by Crippen LogP contribution is -2.32. The van der Waals surface area contributed by atoms with Crippen LogP contribution in [0.1, 0.15) is 62.7 Å². The molecule has 0 fully saturated rings. The summed E-state index contributed by atoms with van der Waals surface area (Å²) in [7, 11) is 0. The zero-order chi connectivity index (χ0) is 18.8. The first kappa shape index (κ1) is 20.2. The maximum Gasteiger partial charge on any atom is 0.251 e. The predicted octanol–water partition coefficient (Wildman–Crippen LogP) is 3.63. The molecule has 5 heteroatoms. The molecule has 26 heavy (non-hydrogen) atoms. The molecule has 1 unspecified atom stereocenters. The molecule has 0 spiro atoms. The maximum atomic E-state index is 12.2. The van der Waals surface area contributed by atoms with Crippen LogP contribution in [-0.2, 0) is 4.79 Å². The molecule has 0 heterocycles. The third-order valence-electron chi connectivity index (χ3n) is 4.69. The van der Waals surface area contributed by atoms with Crippen LogP contribution in [0.5, 0.6) is 0 Å². The van der Waals surface area contributed by atoms with E-state index in [1.54, 1.807) is 24.3 Å². The van der Waals surface area contributed by atoms with Crippen LogP contribution in [0.4, 0.5) is 5.69 Å². The third kappa shape index (κ3) is 7.00. The minimum absolute atomic E-state index is 0.0953. The molecule has 0 saturated carbocycles. The van der Waals surface area contributed by atoms with Gasteiger partial charge in [0.1, 0.15) is 0 Å². The molecular weight excluding hydrogens is 326 g/mol. The number of nitrogens with one attached hydrogen (secondary N) is 3. The number of benzene rings is 1. The molecule has 0 aromatic heterocycles. The highest BCUT2D eigenvalue weighted by atomic mass is 16.2. The Kier molecular flexibility index (Phi) is 8.35. The lowest BCUT2D eigenvalue weighted by atomic mass is 9.97. The molecule has 1 atom stereocenters. The van der Waals surface area contributed by atoms with Crippen molar-refractivity contribution in [2.45, 2.75) is 58.4 Å². The Morgan fingerprint density at radius 3 is 2.81 bits per heavy atom. The number of carbonyl (C=O) groups excluding carboxylic acids is 2. The smallest absolute Gasteiger partial charge is 0.251 e. The molecule has 0 aliphatic heterocycles. The Morgan fingerprint density at radius 2 is 2.08 bits per heavy atom. The minimum Gasteiger partial charge on any atom is -0.350 e. The zero-order valence-electron chi connectivity index (χ0n) is 15.9. The van der Waals surface area contributed by atoms with Gasteiger partial charge in [-0.1, -0.05) is 24.6 Å². The molecule has 0 bridgehead atoms. The van der Waals surface area contributed by atoms with E-state index < -0.39 is 0 Å². The van der Waals surface area contributed by atoms with Crippen molar-refractivity contribution in [3.63, 3.8) is 0 Å². The summed E-state index contributed by atoms with van der Waals surface area (Å²) in [5, 5.41) is 8.97. The second-order valence-corrected chi connectivity index (χ2v) is 6.95. The monoisotopic (exact) mass is 357 g/mol. The quantitative estimate of drug-likeness (QED) is 0.467. The van der Waals surface area contributed by atoms with E-state index in [9.17, 15) is 9.59 Å². The van der Waals surface area contributed by atoms with Gasteiger partial charge in [0.05, 0.1) is 6.54 Å². The summed E-state index contributed by atoms with van der Waals surface area (Å²) < 4.78 is 0. The van der Waals surface area contributed by atoms with Crippen LogP contribution in [0.25, 0.3) is 0 Å². The second-order valence-electron chi connectivity index (χ2n) is 6.95. The van der Waals surface area contributed by atoms with Gasteiger partial charge in [0.2, 0.25) is 5.91 Å². The van der Waals surface area contributed by atoms with E-state index in [1.165, 1.54) is 31.3 Å². The Hall–Kier alpha value is -2.14. The van der Waals surface area contributed by atoms with Crippen molar-refractivity contribution < 1.29 is 9.59 Å². The first-order valence-corrected chi connectivity index (χ1v) is 9.68. The van der Waals surface area contributed by atoms with Crippen LogP contribution in [0.2, 0.25) is 0 Å². The molecule has 2 rings (SSSR count). The Bertz CT molecular complexity index is 640. The largest absolute Gasteiger partial charge is 0.350 e. The van der Waals surface area contributed by atoms with Crippen LogP contribution < -0.4 is 16.0 Å². The highest BCUT2D eigenvalue weighted by molar-refractivity contribution is 5.97. The summed E-state index contributed by atoms with van der Waals surface area (Å²) >= 11 is 0. The van der Waals surface area contributed by atoms with Gasteiger partial charge in [0, 0.05) is 17.3 Å². The van der Waals surface area contributed by atoms with Crippen LogP contribution in [0.15, 0.2) is 35.9 Å². The Balaban J connectivity index is 1.75. The van der Waals surface area contributed by atoms with Crippen molar-refractivity contribution >= 4 is 17.5 Å². The normalized spacial score (nSPS) is 15.1. The number of rotatable bonds is 9. The number of allylic oxidation sites excluding steroid dienone is 1. The maximum absolute atomic E-state index is 12.2. The number of hydrogen-bond donors (Lipinski definition) is 3. The molecule has 2 amide bonds. The summed E-state index contributed by atoms with van der Waals surface area (Å²) in [6, 6.07) is 7.17. The summed E-state index contributed by atoms with van der Waals surface area (Å²) in [5.74, 6) is -0.212. The first-order chi connectivity index (χ1) is 12.6. The molecule has 142 valence electrons. The van der Waals surface area contributed by atoms with Gasteiger partial charge in [-0.3, -0.25) is 9.59 Å². The molecule has 5 nitrogen and oxygen atoms in total. The SMILES string of the molecule is CCC(C)NC(=O)c1cccc(NC(=O)CNCCC2=CCCCC2)c1. The molecule has 0 saturated heterocycles. The van der Waals surface area contributed by atoms with E-state index >= 15 is 0 Å². The molecule has 0 radical (unpaired) electrons. The second kappa shape index (κ2) is 10.8. The van der Waals surface area contributed by atoms with Crippen molar-refractivity contribution in [3.05, 3.63) is 41.5 Å². The van der Waals surface area contributed by atoms with Gasteiger partial charge < -0.3 is 16.0 Å². The number of amides is 2. The average Bonchev–Trinajstić information content (AvgIpc) is 2.66. The van der Waals surface area contributed by atoms with Gasteiger partial charge >= 0.3 is 0 Å². The third-order valence-corrected chi connectivity index (χ3v) is 4.69. The van der Waals surface area contributed by atoms with Crippen molar-refractivity contribution in [2.24, 2.45) is 0 Å². The van der Waals surface area contributed by atoms with E-state index in [1.807, 2.05) is 13.8 Å². The molecule has 3 N–H and O–H groups in total. The van der Waals surface area contributed by atoms with E-state index in [0.29, 0.717) is 11.3 Å². The van der Waals surface area contributed by atoms with Gasteiger partial charge in [0.25, 0.3) is 5.91 Å². The van der Waals surface area contributed by atoms with Gasteiger partial charge in [-0.2, -0.15) is 0 Å². The van der Waals surface area contributed by atoms with E-state index in [-0.39, 0.29) is 24.4 Å². The van der Waals surface area contributed by atoms with Crippen LogP contribution >= 0.6 is 0 Å². The summed E-state index contributed by atoms with van der Waals surface area (Å²) in [6.07, 6.45) is 9.20. The number of hydrogen-bond acceptors (Lipinski definition) is 3. The summed E-state index contributed by atoms with van der Waals surface area (Å²) in [6.45, 7) is 5.09. The number of carbonyl (C=O) groups is 2. The van der Waals surface area contributed by atoms with Gasteiger partial charge in [-0.15, -0.1) is 0 Å². The zero-order valence-corrected chi connectivity index (χ0v) is 15.9. The predicted molar refractivity (Wildman–Crippen MR) is 106 cm³/mol. The van der Waals surface area contributed by atoms with Gasteiger partial charge in [-0.25, -0.2) is 0 Å². The Morgan fingerprint density at radius 1 is 1.23 bits per heavy atom. The number of anilines is 1. The van der Waals surface area contributed by atoms with E-state index in [4.69, 9.17) is 0 Å². The van der Waals surface area contributed by atoms with Crippen molar-refractivity contribution in [1.82, 2.24) is 10.6 Å². The van der Waals surface area contributed by atoms with Crippen LogP contribution in [0.3, 0.4) is 0 Å². The average molecular weight is 357 g/mol. The summed E-state index contributed by atoms with van der Waals surface area (Å²) in [5.41, 5.74) is 2.70. The molecule has 1 aromatic carbocycles. The molecule has 1 aliphatic carbocycles. The highest BCUT2D eigenvalue weighted by Gasteiger charge is 2.10.